The molecule has 0 radical (unpaired) electrons. The van der Waals surface area contributed by atoms with Crippen LogP contribution in [0.15, 0.2) is 72.9 Å². The van der Waals surface area contributed by atoms with Crippen molar-refractivity contribution >= 4 is 28.5 Å². The van der Waals surface area contributed by atoms with Crippen LogP contribution in [-0.2, 0) is 11.4 Å². The molecule has 0 saturated carbocycles. The fraction of sp³-hybridized carbons (Fsp3) is 0.233. The van der Waals surface area contributed by atoms with Crippen molar-refractivity contribution in [3.8, 4) is 23.0 Å². The Hall–Kier alpha value is -4.66. The number of ether oxygens (including phenoxy) is 3. The number of benzene rings is 3. The zero-order valence-corrected chi connectivity index (χ0v) is 21.9. The molecule has 1 aliphatic rings. The first-order chi connectivity index (χ1) is 18.8. The van der Waals surface area contributed by atoms with Crippen molar-refractivity contribution in [3.63, 3.8) is 0 Å². The van der Waals surface area contributed by atoms with Gasteiger partial charge in [0.15, 0.2) is 23.1 Å². The Morgan fingerprint density at radius 1 is 0.949 bits per heavy atom. The number of carbonyl (C=O) groups excluding carboxylic acids is 2. The van der Waals surface area contributed by atoms with Crippen LogP contribution in [0.3, 0.4) is 0 Å². The molecule has 0 unspecified atom stereocenters. The number of carbonyl (C=O) groups is 2. The molecule has 1 saturated heterocycles. The summed E-state index contributed by atoms with van der Waals surface area (Å²) < 4.78 is 32.6. The van der Waals surface area contributed by atoms with Crippen molar-refractivity contribution < 1.29 is 28.2 Å². The minimum Gasteiger partial charge on any atom is -0.493 e. The third-order valence-corrected chi connectivity index (χ3v) is 6.24. The van der Waals surface area contributed by atoms with E-state index in [0.717, 1.165) is 16.5 Å². The number of urea groups is 1. The Balaban J connectivity index is 1.39. The summed E-state index contributed by atoms with van der Waals surface area (Å²) in [6.45, 7) is 4.70. The van der Waals surface area contributed by atoms with Crippen LogP contribution in [0.25, 0.3) is 10.9 Å². The zero-order chi connectivity index (χ0) is 27.5. The lowest BCUT2D eigenvalue weighted by Gasteiger charge is -2.19. The molecule has 1 aromatic heterocycles. The van der Waals surface area contributed by atoms with E-state index in [9.17, 15) is 9.59 Å². The van der Waals surface area contributed by atoms with Crippen LogP contribution < -0.4 is 19.1 Å². The first-order valence-corrected chi connectivity index (χ1v) is 12.6. The minimum atomic E-state index is -0.713. The van der Waals surface area contributed by atoms with Gasteiger partial charge in [-0.25, -0.2) is 14.1 Å². The number of fused-ring (bicyclic) bond motifs is 1. The highest BCUT2D eigenvalue weighted by Gasteiger charge is 2.37. The topological polar surface area (TPSA) is 81.2 Å². The zero-order valence-electron chi connectivity index (χ0n) is 21.9. The smallest absolute Gasteiger partial charge is 0.331 e. The molecule has 9 heteroatoms. The van der Waals surface area contributed by atoms with Gasteiger partial charge < -0.3 is 19.1 Å². The van der Waals surface area contributed by atoms with Gasteiger partial charge in [0.05, 0.1) is 18.3 Å². The molecule has 0 aliphatic carbocycles. The Kier molecular flexibility index (Phi) is 7.31. The number of hydrogen-bond acceptors (Lipinski definition) is 6. The molecular formula is C30H28FN3O5. The Morgan fingerprint density at radius 2 is 1.74 bits per heavy atom. The molecule has 3 amide bonds. The third-order valence-electron chi connectivity index (χ3n) is 6.24. The standard InChI is InChI=1S/C30H28FN3O5/c1-19(2)16-33-17-29(35)34(30(33)36)21-9-10-26(23(31)13-21)39-25-11-12-32-24-15-28(27(37-3)14-22(24)25)38-18-20-7-5-4-6-8-20/h4-15,19H,16-18H2,1-3H3. The number of halogens is 1. The third kappa shape index (κ3) is 5.47. The van der Waals surface area contributed by atoms with Gasteiger partial charge in [0.1, 0.15) is 18.9 Å². The second-order valence-electron chi connectivity index (χ2n) is 9.61. The summed E-state index contributed by atoms with van der Waals surface area (Å²) in [6.07, 6.45) is 1.56. The lowest BCUT2D eigenvalue weighted by atomic mass is 10.1. The maximum absolute atomic E-state index is 15.2. The van der Waals surface area contributed by atoms with Gasteiger partial charge in [-0.05, 0) is 35.7 Å². The quantitative estimate of drug-likeness (QED) is 0.241. The molecule has 200 valence electrons. The maximum Gasteiger partial charge on any atom is 0.331 e. The number of methoxy groups -OCH3 is 1. The Morgan fingerprint density at radius 3 is 2.46 bits per heavy atom. The van der Waals surface area contributed by atoms with Crippen LogP contribution in [0.4, 0.5) is 14.9 Å². The van der Waals surface area contributed by atoms with E-state index >= 15 is 4.39 Å². The fourth-order valence-corrected chi connectivity index (χ4v) is 4.44. The normalized spacial score (nSPS) is 13.5. The van der Waals surface area contributed by atoms with Crippen LogP contribution in [0.5, 0.6) is 23.0 Å². The number of imide groups is 1. The van der Waals surface area contributed by atoms with Crippen LogP contribution >= 0.6 is 0 Å². The number of hydrogen-bond donors (Lipinski definition) is 0. The van der Waals surface area contributed by atoms with E-state index in [1.165, 1.54) is 24.1 Å². The highest BCUT2D eigenvalue weighted by atomic mass is 19.1. The molecule has 8 nitrogen and oxygen atoms in total. The van der Waals surface area contributed by atoms with Crippen molar-refractivity contribution in [2.75, 3.05) is 25.1 Å². The van der Waals surface area contributed by atoms with E-state index in [1.807, 2.05) is 44.2 Å². The number of anilines is 1. The van der Waals surface area contributed by atoms with Crippen molar-refractivity contribution in [1.82, 2.24) is 9.88 Å². The summed E-state index contributed by atoms with van der Waals surface area (Å²) in [7, 11) is 1.54. The molecule has 39 heavy (non-hydrogen) atoms. The van der Waals surface area contributed by atoms with E-state index in [0.29, 0.717) is 41.3 Å². The van der Waals surface area contributed by atoms with Crippen LogP contribution in [0, 0.1) is 11.7 Å². The largest absolute Gasteiger partial charge is 0.493 e. The molecule has 1 fully saturated rings. The van der Waals surface area contributed by atoms with Gasteiger partial charge in [-0.3, -0.25) is 9.78 Å². The van der Waals surface area contributed by atoms with E-state index in [4.69, 9.17) is 14.2 Å². The molecule has 4 aromatic rings. The van der Waals surface area contributed by atoms with Crippen molar-refractivity contribution in [3.05, 3.63) is 84.3 Å². The van der Waals surface area contributed by atoms with Crippen LogP contribution in [0.2, 0.25) is 0 Å². The summed E-state index contributed by atoms with van der Waals surface area (Å²) in [4.78, 5) is 32.1. The molecular weight excluding hydrogens is 501 g/mol. The molecule has 5 rings (SSSR count). The maximum atomic E-state index is 15.2. The van der Waals surface area contributed by atoms with Crippen molar-refractivity contribution in [1.29, 1.82) is 0 Å². The van der Waals surface area contributed by atoms with Gasteiger partial charge in [-0.2, -0.15) is 0 Å². The average molecular weight is 530 g/mol. The van der Waals surface area contributed by atoms with Crippen molar-refractivity contribution in [2.24, 2.45) is 5.92 Å². The molecule has 0 atom stereocenters. The minimum absolute atomic E-state index is 0.0290. The second-order valence-corrected chi connectivity index (χ2v) is 9.61. The number of amides is 3. The molecule has 0 spiro atoms. The molecule has 3 aromatic carbocycles. The number of pyridine rings is 1. The molecule has 2 heterocycles. The molecule has 1 aliphatic heterocycles. The average Bonchev–Trinajstić information content (AvgIpc) is 3.20. The lowest BCUT2D eigenvalue weighted by Crippen LogP contribution is -2.34. The Bertz CT molecular complexity index is 1530. The number of aromatic nitrogens is 1. The summed E-state index contributed by atoms with van der Waals surface area (Å²) >= 11 is 0. The number of nitrogens with zero attached hydrogens (tertiary/aromatic N) is 3. The van der Waals surface area contributed by atoms with E-state index in [-0.39, 0.29) is 23.9 Å². The molecule has 0 bridgehead atoms. The van der Waals surface area contributed by atoms with E-state index < -0.39 is 17.8 Å². The van der Waals surface area contributed by atoms with Crippen LogP contribution in [-0.4, -0.2) is 42.0 Å². The van der Waals surface area contributed by atoms with Gasteiger partial charge >= 0.3 is 6.03 Å². The van der Waals surface area contributed by atoms with Gasteiger partial charge in [0.25, 0.3) is 5.91 Å². The van der Waals surface area contributed by atoms with Gasteiger partial charge in [-0.15, -0.1) is 0 Å². The first-order valence-electron chi connectivity index (χ1n) is 12.6. The summed E-state index contributed by atoms with van der Waals surface area (Å²) in [5.74, 6) is 0.379. The van der Waals surface area contributed by atoms with Crippen molar-refractivity contribution in [2.45, 2.75) is 20.5 Å². The predicted octanol–water partition coefficient (Wildman–Crippen LogP) is 6.18. The second kappa shape index (κ2) is 11.0. The molecule has 0 N–H and O–H groups in total. The lowest BCUT2D eigenvalue weighted by molar-refractivity contribution is -0.116. The SMILES string of the molecule is COc1cc2c(Oc3ccc(N4C(=O)CN(CC(C)C)C4=O)cc3F)ccnc2cc1OCc1ccccc1. The van der Waals surface area contributed by atoms with E-state index in [1.54, 1.807) is 24.4 Å². The highest BCUT2D eigenvalue weighted by Crippen LogP contribution is 2.38. The van der Waals surface area contributed by atoms with Gasteiger partial charge in [0, 0.05) is 30.3 Å². The monoisotopic (exact) mass is 529 g/mol. The van der Waals surface area contributed by atoms with Gasteiger partial charge in [0.2, 0.25) is 0 Å². The predicted molar refractivity (Wildman–Crippen MR) is 145 cm³/mol. The number of rotatable bonds is 9. The summed E-state index contributed by atoms with van der Waals surface area (Å²) in [6, 6.07) is 18.4. The highest BCUT2D eigenvalue weighted by molar-refractivity contribution is 6.19. The van der Waals surface area contributed by atoms with E-state index in [2.05, 4.69) is 4.98 Å². The summed E-state index contributed by atoms with van der Waals surface area (Å²) in [5.41, 5.74) is 1.74. The van der Waals surface area contributed by atoms with Crippen LogP contribution in [0.1, 0.15) is 19.4 Å². The Labute approximate surface area is 225 Å². The first kappa shape index (κ1) is 26.0. The summed E-state index contributed by atoms with van der Waals surface area (Å²) in [5, 5.41) is 0.596. The van der Waals surface area contributed by atoms with Gasteiger partial charge in [-0.1, -0.05) is 44.2 Å². The fourth-order valence-electron chi connectivity index (χ4n) is 4.44.